The van der Waals surface area contributed by atoms with Crippen molar-refractivity contribution in [3.05, 3.63) is 224 Å². The van der Waals surface area contributed by atoms with Gasteiger partial charge in [-0.05, 0) is 68.3 Å². The molecule has 11 rings (SSSR count). The first-order valence-corrected chi connectivity index (χ1v) is 23.0. The van der Waals surface area contributed by atoms with Gasteiger partial charge in [0.25, 0.3) is 0 Å². The van der Waals surface area contributed by atoms with Gasteiger partial charge in [-0.2, -0.15) is 12.1 Å². The van der Waals surface area contributed by atoms with Crippen molar-refractivity contribution >= 4 is 44.6 Å². The van der Waals surface area contributed by atoms with Crippen molar-refractivity contribution in [2.45, 2.75) is 52.4 Å². The SMILES string of the molecule is CC(C)(C)c1ccc2c(c1)c1ccc(Oc3[c-]c(N4[CH-]N(c5c(-c6ccccc6)cccc5-c5ccccc5)c5ccccc54)ccc3)[c-]c1n2-c1cc(C(C)(C)C)c(-c2ccccc2)cn1.[Pt]. The maximum Gasteiger partial charge on any atom is 0.135 e. The molecule has 0 bridgehead atoms. The molecule has 0 saturated carbocycles. The molecule has 0 unspecified atom stereocenters. The third kappa shape index (κ3) is 8.20. The second-order valence-electron chi connectivity index (χ2n) is 19.4. The van der Waals surface area contributed by atoms with E-state index in [9.17, 15) is 0 Å². The van der Waals surface area contributed by atoms with E-state index in [1.54, 1.807) is 0 Å². The van der Waals surface area contributed by atoms with Crippen molar-refractivity contribution in [3.63, 3.8) is 0 Å². The molecule has 2 aromatic heterocycles. The van der Waals surface area contributed by atoms with Crippen molar-refractivity contribution in [2.75, 3.05) is 9.80 Å². The quantitative estimate of drug-likeness (QED) is 0.142. The monoisotopic (exact) mass is 1060 g/mol. The Bertz CT molecular complexity index is 3380. The molecule has 5 nitrogen and oxygen atoms in total. The fourth-order valence-corrected chi connectivity index (χ4v) is 9.46. The molecular weight excluding hydrogens is 1010 g/mol. The predicted octanol–water partition coefficient (Wildman–Crippen LogP) is 16.6. The van der Waals surface area contributed by atoms with Crippen LogP contribution in [-0.4, -0.2) is 9.55 Å². The number of para-hydroxylation sites is 3. The van der Waals surface area contributed by atoms with E-state index in [4.69, 9.17) is 9.72 Å². The number of benzene rings is 8. The zero-order valence-electron chi connectivity index (χ0n) is 39.1. The number of rotatable bonds is 8. The van der Waals surface area contributed by atoms with E-state index in [-0.39, 0.29) is 31.9 Å². The molecule has 0 spiro atoms. The number of aromatic nitrogens is 2. The van der Waals surface area contributed by atoms with Gasteiger partial charge in [0, 0.05) is 78.0 Å². The zero-order chi connectivity index (χ0) is 45.9. The van der Waals surface area contributed by atoms with Gasteiger partial charge in [-0.1, -0.05) is 181 Å². The Hall–Kier alpha value is -7.20. The molecule has 0 atom stereocenters. The third-order valence-electron chi connectivity index (χ3n) is 12.8. The average molecular weight is 1060 g/mol. The van der Waals surface area contributed by atoms with Crippen LogP contribution < -0.4 is 14.5 Å². The number of hydrogen-bond donors (Lipinski definition) is 0. The van der Waals surface area contributed by atoms with Crippen LogP contribution in [0.2, 0.25) is 0 Å². The Morgan fingerprint density at radius 2 is 1.07 bits per heavy atom. The summed E-state index contributed by atoms with van der Waals surface area (Å²) in [5, 5.41) is 2.24. The van der Waals surface area contributed by atoms with Gasteiger partial charge in [0.2, 0.25) is 0 Å². The van der Waals surface area contributed by atoms with E-state index < -0.39 is 0 Å². The molecule has 0 aliphatic carbocycles. The zero-order valence-corrected chi connectivity index (χ0v) is 41.3. The summed E-state index contributed by atoms with van der Waals surface area (Å²) >= 11 is 0. The molecule has 0 radical (unpaired) electrons. The van der Waals surface area contributed by atoms with E-state index in [1.165, 1.54) is 11.1 Å². The molecule has 0 fully saturated rings. The van der Waals surface area contributed by atoms with Gasteiger partial charge in [0.1, 0.15) is 5.82 Å². The Kier molecular flexibility index (Phi) is 11.7. The molecule has 3 heterocycles. The van der Waals surface area contributed by atoms with Crippen LogP contribution in [0.15, 0.2) is 194 Å². The van der Waals surface area contributed by atoms with Gasteiger partial charge in [0.15, 0.2) is 0 Å². The largest absolute Gasteiger partial charge is 0.509 e. The molecule has 8 aromatic carbocycles. The molecule has 0 N–H and O–H groups in total. The van der Waals surface area contributed by atoms with E-state index in [1.807, 2.05) is 24.4 Å². The summed E-state index contributed by atoms with van der Waals surface area (Å²) in [6, 6.07) is 73.6. The first kappa shape index (κ1) is 44.6. The van der Waals surface area contributed by atoms with Gasteiger partial charge in [-0.15, -0.1) is 48.1 Å². The Labute approximate surface area is 414 Å². The second-order valence-corrected chi connectivity index (χ2v) is 19.4. The standard InChI is InChI=1S/C62H51N4O.Pt/c1-61(2,3)45-32-35-55-52(36-45)51-34-33-48(38-58(51)66(55)59-39-54(62(4,5)6)53(40-63-59)44-24-14-9-15-25-44)67-47-27-18-26-46(37-47)64-41-65(57-31-17-16-30-56(57)64)60-49(42-20-10-7-11-21-42)28-19-29-50(60)43-22-12-8-13-23-43;/h7-36,39-41H,1-6H3;/q-3;. The van der Waals surface area contributed by atoms with Gasteiger partial charge >= 0.3 is 0 Å². The number of ether oxygens (including phenoxy) is 1. The number of fused-ring (bicyclic) bond motifs is 4. The minimum Gasteiger partial charge on any atom is -0.509 e. The Morgan fingerprint density at radius 1 is 0.500 bits per heavy atom. The molecule has 68 heavy (non-hydrogen) atoms. The number of pyridine rings is 1. The van der Waals surface area contributed by atoms with Crippen molar-refractivity contribution in [1.82, 2.24) is 9.55 Å². The summed E-state index contributed by atoms with van der Waals surface area (Å²) in [7, 11) is 0. The number of nitrogens with zero attached hydrogens (tertiary/aromatic N) is 4. The van der Waals surface area contributed by atoms with E-state index in [2.05, 4.69) is 245 Å². The first-order chi connectivity index (χ1) is 32.5. The third-order valence-corrected chi connectivity index (χ3v) is 12.8. The van der Waals surface area contributed by atoms with Crippen molar-refractivity contribution in [3.8, 4) is 50.7 Å². The van der Waals surface area contributed by atoms with Gasteiger partial charge in [-0.25, -0.2) is 4.98 Å². The van der Waals surface area contributed by atoms with Crippen molar-refractivity contribution in [1.29, 1.82) is 0 Å². The van der Waals surface area contributed by atoms with Crippen LogP contribution in [0.4, 0.5) is 22.7 Å². The van der Waals surface area contributed by atoms with E-state index in [0.717, 1.165) is 83.8 Å². The van der Waals surface area contributed by atoms with Gasteiger partial charge < -0.3 is 19.1 Å². The van der Waals surface area contributed by atoms with E-state index >= 15 is 0 Å². The summed E-state index contributed by atoms with van der Waals surface area (Å²) in [4.78, 5) is 9.71. The maximum absolute atomic E-state index is 6.76. The van der Waals surface area contributed by atoms with Gasteiger partial charge in [0.05, 0.1) is 0 Å². The minimum absolute atomic E-state index is 0. The molecule has 0 saturated heterocycles. The summed E-state index contributed by atoms with van der Waals surface area (Å²) < 4.78 is 9.01. The molecule has 1 aliphatic rings. The molecule has 1 aliphatic heterocycles. The van der Waals surface area contributed by atoms with Gasteiger partial charge in [-0.3, -0.25) is 0 Å². The summed E-state index contributed by atoms with van der Waals surface area (Å²) in [6.07, 6.45) is 2.03. The molecular formula is C62H51N4OPt-3. The van der Waals surface area contributed by atoms with E-state index in [0.29, 0.717) is 11.5 Å². The van der Waals surface area contributed by atoms with Crippen molar-refractivity contribution < 1.29 is 25.8 Å². The van der Waals surface area contributed by atoms with Crippen LogP contribution in [0.5, 0.6) is 11.5 Å². The minimum atomic E-state index is -0.139. The molecule has 10 aromatic rings. The predicted molar refractivity (Wildman–Crippen MR) is 278 cm³/mol. The Morgan fingerprint density at radius 3 is 1.69 bits per heavy atom. The Balaban J connectivity index is 0.00000539. The fraction of sp³-hybridized carbons (Fsp3) is 0.129. The van der Waals surface area contributed by atoms with Crippen LogP contribution in [-0.2, 0) is 31.9 Å². The molecule has 0 amide bonds. The topological polar surface area (TPSA) is 33.5 Å². The van der Waals surface area contributed by atoms with Crippen LogP contribution in [0, 0.1) is 18.8 Å². The van der Waals surface area contributed by atoms with Crippen LogP contribution >= 0.6 is 0 Å². The van der Waals surface area contributed by atoms with Crippen molar-refractivity contribution in [2.24, 2.45) is 0 Å². The van der Waals surface area contributed by atoms with Crippen LogP contribution in [0.25, 0.3) is 61.0 Å². The van der Waals surface area contributed by atoms with Crippen LogP contribution in [0.1, 0.15) is 52.7 Å². The number of hydrogen-bond acceptors (Lipinski definition) is 4. The normalized spacial score (nSPS) is 12.6. The average Bonchev–Trinajstić information content (AvgIpc) is 3.89. The summed E-state index contributed by atoms with van der Waals surface area (Å²) in [5.74, 6) is 2.02. The summed E-state index contributed by atoms with van der Waals surface area (Å²) in [6.45, 7) is 15.8. The molecule has 6 heteroatoms. The number of anilines is 4. The molecule has 338 valence electrons. The second kappa shape index (κ2) is 17.8. The smallest absolute Gasteiger partial charge is 0.135 e. The first-order valence-electron chi connectivity index (χ1n) is 23.0. The van der Waals surface area contributed by atoms with Crippen LogP contribution in [0.3, 0.4) is 0 Å². The maximum atomic E-state index is 6.76. The summed E-state index contributed by atoms with van der Waals surface area (Å²) in [5.41, 5.74) is 15.3. The fourth-order valence-electron chi connectivity index (χ4n) is 9.46.